The van der Waals surface area contributed by atoms with Gasteiger partial charge in [0, 0.05) is 12.1 Å². The number of hydrogen-bond acceptors (Lipinski definition) is 2. The fourth-order valence-electron chi connectivity index (χ4n) is 1.26. The summed E-state index contributed by atoms with van der Waals surface area (Å²) in [6.45, 7) is 6.84. The van der Waals surface area contributed by atoms with Gasteiger partial charge in [0.1, 0.15) is 5.82 Å². The third-order valence-corrected chi connectivity index (χ3v) is 2.99. The van der Waals surface area contributed by atoms with Crippen molar-refractivity contribution in [3.8, 4) is 0 Å². The molecular weight excluding hydrogens is 219 g/mol. The number of nitrogens with two attached hydrogens (primary N) is 1. The summed E-state index contributed by atoms with van der Waals surface area (Å²) in [7, 11) is 0. The van der Waals surface area contributed by atoms with Crippen LogP contribution >= 0.6 is 0 Å². The average molecular weight is 238 g/mol. The number of benzene rings is 1. The molecule has 1 rings (SSSR count). The molecule has 94 valence electrons. The number of halogens is 1. The number of nitrogens with one attached hydrogen (secondary N) is 1. The second-order valence-electron chi connectivity index (χ2n) is 4.67. The minimum Gasteiger partial charge on any atom is -0.396 e. The fraction of sp³-hybridized carbons (Fsp3) is 0.462. The molecule has 4 heteroatoms. The third-order valence-electron chi connectivity index (χ3n) is 2.99. The summed E-state index contributed by atoms with van der Waals surface area (Å²) in [6.07, 6.45) is 0. The van der Waals surface area contributed by atoms with Crippen LogP contribution in [0.25, 0.3) is 0 Å². The monoisotopic (exact) mass is 238 g/mol. The Bertz CT molecular complexity index is 404. The summed E-state index contributed by atoms with van der Waals surface area (Å²) in [4.78, 5) is 11.7. The van der Waals surface area contributed by atoms with Crippen molar-refractivity contribution < 1.29 is 9.18 Å². The van der Waals surface area contributed by atoms with Crippen LogP contribution in [0.2, 0.25) is 0 Å². The van der Waals surface area contributed by atoms with Crippen molar-refractivity contribution in [3.05, 3.63) is 29.6 Å². The Hall–Kier alpha value is -1.58. The van der Waals surface area contributed by atoms with Gasteiger partial charge in [-0.3, -0.25) is 4.79 Å². The zero-order chi connectivity index (χ0) is 13.0. The van der Waals surface area contributed by atoms with Crippen LogP contribution in [0.5, 0.6) is 0 Å². The van der Waals surface area contributed by atoms with Crippen LogP contribution in [0.4, 0.5) is 10.1 Å². The van der Waals surface area contributed by atoms with Crippen LogP contribution in [0.1, 0.15) is 31.1 Å². The summed E-state index contributed by atoms with van der Waals surface area (Å²) in [6, 6.07) is 4.08. The van der Waals surface area contributed by atoms with Crippen LogP contribution in [0, 0.1) is 17.7 Å². The highest BCUT2D eigenvalue weighted by molar-refractivity contribution is 5.94. The molecule has 0 spiro atoms. The molecule has 0 bridgehead atoms. The molecule has 0 aliphatic heterocycles. The first-order chi connectivity index (χ1) is 7.91. The maximum atomic E-state index is 13.2. The number of nitrogen functional groups attached to an aromatic ring is 1. The van der Waals surface area contributed by atoms with Gasteiger partial charge in [-0.2, -0.15) is 0 Å². The highest BCUT2D eigenvalue weighted by Gasteiger charge is 2.11. The lowest BCUT2D eigenvalue weighted by atomic mass is 9.98. The third kappa shape index (κ3) is 3.73. The molecule has 1 aromatic rings. The Morgan fingerprint density at radius 2 is 2.06 bits per heavy atom. The largest absolute Gasteiger partial charge is 0.396 e. The van der Waals surface area contributed by atoms with E-state index < -0.39 is 5.82 Å². The van der Waals surface area contributed by atoms with Crippen LogP contribution < -0.4 is 11.1 Å². The van der Waals surface area contributed by atoms with E-state index in [-0.39, 0.29) is 11.6 Å². The first-order valence-corrected chi connectivity index (χ1v) is 5.75. The highest BCUT2D eigenvalue weighted by atomic mass is 19.1. The van der Waals surface area contributed by atoms with Crippen LogP contribution in [0.3, 0.4) is 0 Å². The lowest BCUT2D eigenvalue weighted by molar-refractivity contribution is 0.0944. The van der Waals surface area contributed by atoms with Crippen molar-refractivity contribution >= 4 is 11.6 Å². The molecule has 0 aromatic heterocycles. The molecule has 0 saturated heterocycles. The number of rotatable bonds is 4. The smallest absolute Gasteiger partial charge is 0.251 e. The fourth-order valence-corrected chi connectivity index (χ4v) is 1.26. The maximum Gasteiger partial charge on any atom is 0.251 e. The normalized spacial score (nSPS) is 12.5. The standard InChI is InChI=1S/C13H19FN2O/c1-8(2)9(3)7-16-13(17)10-4-5-12(15)11(14)6-10/h4-6,8-9H,7,15H2,1-3H3,(H,16,17). The molecule has 0 aliphatic rings. The van der Waals surface area contributed by atoms with Gasteiger partial charge in [0.05, 0.1) is 5.69 Å². The quantitative estimate of drug-likeness (QED) is 0.791. The second-order valence-corrected chi connectivity index (χ2v) is 4.67. The average Bonchev–Trinajstić information content (AvgIpc) is 2.28. The van der Waals surface area contributed by atoms with E-state index in [0.29, 0.717) is 23.9 Å². The van der Waals surface area contributed by atoms with E-state index in [1.165, 1.54) is 12.1 Å². The molecule has 3 nitrogen and oxygen atoms in total. The van der Waals surface area contributed by atoms with Gasteiger partial charge in [0.2, 0.25) is 0 Å². The van der Waals surface area contributed by atoms with E-state index in [0.717, 1.165) is 6.07 Å². The van der Waals surface area contributed by atoms with Crippen LogP contribution in [-0.2, 0) is 0 Å². The Morgan fingerprint density at radius 1 is 1.41 bits per heavy atom. The summed E-state index contributed by atoms with van der Waals surface area (Å²) in [5, 5.41) is 2.78. The first-order valence-electron chi connectivity index (χ1n) is 5.75. The predicted octanol–water partition coefficient (Wildman–Crippen LogP) is 2.43. The number of anilines is 1. The van der Waals surface area contributed by atoms with Gasteiger partial charge in [0.15, 0.2) is 0 Å². The molecule has 1 unspecified atom stereocenters. The predicted molar refractivity (Wildman–Crippen MR) is 67.1 cm³/mol. The lowest BCUT2D eigenvalue weighted by Crippen LogP contribution is -2.30. The summed E-state index contributed by atoms with van der Waals surface area (Å²) < 4.78 is 13.2. The Labute approximate surface area is 101 Å². The van der Waals surface area contributed by atoms with E-state index >= 15 is 0 Å². The van der Waals surface area contributed by atoms with Gasteiger partial charge in [-0.05, 0) is 30.0 Å². The maximum absolute atomic E-state index is 13.2. The molecule has 0 saturated carbocycles. The van der Waals surface area contributed by atoms with Gasteiger partial charge in [-0.1, -0.05) is 20.8 Å². The zero-order valence-corrected chi connectivity index (χ0v) is 10.5. The lowest BCUT2D eigenvalue weighted by Gasteiger charge is -2.16. The van der Waals surface area contributed by atoms with Gasteiger partial charge >= 0.3 is 0 Å². The Kier molecular flexibility index (Phi) is 4.49. The van der Waals surface area contributed by atoms with Gasteiger partial charge in [0.25, 0.3) is 5.91 Å². The number of carbonyl (C=O) groups is 1. The minimum absolute atomic E-state index is 0.0529. The van der Waals surface area contributed by atoms with Crippen molar-refractivity contribution in [1.82, 2.24) is 5.32 Å². The van der Waals surface area contributed by atoms with Crippen molar-refractivity contribution in [2.45, 2.75) is 20.8 Å². The van der Waals surface area contributed by atoms with Crippen molar-refractivity contribution in [3.63, 3.8) is 0 Å². The van der Waals surface area contributed by atoms with E-state index in [1.807, 2.05) is 0 Å². The van der Waals surface area contributed by atoms with Crippen LogP contribution in [-0.4, -0.2) is 12.5 Å². The van der Waals surface area contributed by atoms with Crippen LogP contribution in [0.15, 0.2) is 18.2 Å². The molecule has 0 heterocycles. The van der Waals surface area contributed by atoms with Crippen molar-refractivity contribution in [1.29, 1.82) is 0 Å². The first kappa shape index (κ1) is 13.5. The van der Waals surface area contributed by atoms with Gasteiger partial charge in [-0.25, -0.2) is 4.39 Å². The summed E-state index contributed by atoms with van der Waals surface area (Å²) in [5.41, 5.74) is 5.70. The van der Waals surface area contributed by atoms with E-state index in [2.05, 4.69) is 26.1 Å². The molecule has 1 amide bonds. The van der Waals surface area contributed by atoms with Gasteiger partial charge in [-0.15, -0.1) is 0 Å². The molecule has 1 aromatic carbocycles. The summed E-state index contributed by atoms with van der Waals surface area (Å²) >= 11 is 0. The van der Waals surface area contributed by atoms with E-state index in [9.17, 15) is 9.18 Å². The second kappa shape index (κ2) is 5.66. The van der Waals surface area contributed by atoms with Crippen molar-refractivity contribution in [2.75, 3.05) is 12.3 Å². The Morgan fingerprint density at radius 3 is 2.59 bits per heavy atom. The number of hydrogen-bond donors (Lipinski definition) is 2. The van der Waals surface area contributed by atoms with E-state index in [4.69, 9.17) is 5.73 Å². The number of carbonyl (C=O) groups excluding carboxylic acids is 1. The summed E-state index contributed by atoms with van der Waals surface area (Å²) in [5.74, 6) is 0.0574. The molecular formula is C13H19FN2O. The molecule has 0 radical (unpaired) electrons. The molecule has 0 aliphatic carbocycles. The topological polar surface area (TPSA) is 55.1 Å². The number of amides is 1. The molecule has 1 atom stereocenters. The molecule has 17 heavy (non-hydrogen) atoms. The highest BCUT2D eigenvalue weighted by Crippen LogP contribution is 2.12. The SMILES string of the molecule is CC(C)C(C)CNC(=O)c1ccc(N)c(F)c1. The molecule has 3 N–H and O–H groups in total. The Balaban J connectivity index is 2.61. The zero-order valence-electron chi connectivity index (χ0n) is 10.5. The van der Waals surface area contributed by atoms with Gasteiger partial charge < -0.3 is 11.1 Å². The minimum atomic E-state index is -0.561. The molecule has 0 fully saturated rings. The van der Waals surface area contributed by atoms with E-state index in [1.54, 1.807) is 0 Å². The van der Waals surface area contributed by atoms with Crippen molar-refractivity contribution in [2.24, 2.45) is 11.8 Å².